The van der Waals surface area contributed by atoms with Gasteiger partial charge in [-0.15, -0.1) is 11.3 Å². The summed E-state index contributed by atoms with van der Waals surface area (Å²) in [4.78, 5) is 5.65. The topological polar surface area (TPSA) is 56.9 Å². The number of hydrogen-bond donors (Lipinski definition) is 1. The Morgan fingerprint density at radius 2 is 1.95 bits per heavy atom. The first-order chi connectivity index (χ1) is 10.7. The summed E-state index contributed by atoms with van der Waals surface area (Å²) in [7, 11) is 0. The van der Waals surface area contributed by atoms with Gasteiger partial charge in [0, 0.05) is 15.4 Å². The highest BCUT2D eigenvalue weighted by atomic mass is 32.2. The number of rotatable bonds is 3. The van der Waals surface area contributed by atoms with Crippen LogP contribution in [0.4, 0.5) is 4.39 Å². The highest BCUT2D eigenvalue weighted by molar-refractivity contribution is 7.99. The van der Waals surface area contributed by atoms with E-state index in [2.05, 4.69) is 11.1 Å². The van der Waals surface area contributed by atoms with E-state index in [1.165, 1.54) is 35.2 Å². The van der Waals surface area contributed by atoms with Crippen molar-refractivity contribution in [3.8, 4) is 22.5 Å². The normalized spacial score (nSPS) is 10.4. The van der Waals surface area contributed by atoms with Gasteiger partial charge in [-0.05, 0) is 36.4 Å². The lowest BCUT2D eigenvalue weighted by Crippen LogP contribution is -1.85. The molecular formula is C16H9FN2OS2. The number of nitrogens with zero attached hydrogens (tertiary/aromatic N) is 2. The fourth-order valence-corrected chi connectivity index (χ4v) is 3.42. The highest BCUT2D eigenvalue weighted by Crippen LogP contribution is 2.34. The zero-order chi connectivity index (χ0) is 15.5. The van der Waals surface area contributed by atoms with Gasteiger partial charge < -0.3 is 5.11 Å². The van der Waals surface area contributed by atoms with E-state index in [9.17, 15) is 14.8 Å². The van der Waals surface area contributed by atoms with E-state index in [0.29, 0.717) is 10.6 Å². The fraction of sp³-hybridized carbons (Fsp3) is 0. The van der Waals surface area contributed by atoms with Crippen LogP contribution in [0.15, 0.2) is 57.6 Å². The molecule has 1 aromatic heterocycles. The Balaban J connectivity index is 1.92. The molecule has 2 aromatic carbocycles. The molecule has 0 spiro atoms. The lowest BCUT2D eigenvalue weighted by Gasteiger charge is -2.05. The number of nitriles is 1. The predicted octanol–water partition coefficient (Wildman–Crippen LogP) is 4.68. The molecule has 0 saturated carbocycles. The van der Waals surface area contributed by atoms with Crippen molar-refractivity contribution in [2.75, 3.05) is 0 Å². The summed E-state index contributed by atoms with van der Waals surface area (Å²) >= 11 is 2.72. The average Bonchev–Trinajstić information content (AvgIpc) is 2.96. The zero-order valence-corrected chi connectivity index (χ0v) is 12.8. The third-order valence-electron chi connectivity index (χ3n) is 2.88. The van der Waals surface area contributed by atoms with Crippen molar-refractivity contribution in [2.24, 2.45) is 0 Å². The molecule has 6 heteroatoms. The van der Waals surface area contributed by atoms with Gasteiger partial charge >= 0.3 is 0 Å². The average molecular weight is 328 g/mol. The molecule has 1 N–H and O–H groups in total. The number of aromatic hydroxyl groups is 1. The summed E-state index contributed by atoms with van der Waals surface area (Å²) < 4.78 is 12.9. The monoisotopic (exact) mass is 328 g/mol. The maximum Gasteiger partial charge on any atom is 0.222 e. The second kappa shape index (κ2) is 6.18. The van der Waals surface area contributed by atoms with Crippen LogP contribution >= 0.6 is 23.1 Å². The predicted molar refractivity (Wildman–Crippen MR) is 84.5 cm³/mol. The van der Waals surface area contributed by atoms with Crippen molar-refractivity contribution in [3.63, 3.8) is 0 Å². The van der Waals surface area contributed by atoms with Crippen molar-refractivity contribution in [3.05, 3.63) is 59.2 Å². The Bertz CT molecular complexity index is 853. The van der Waals surface area contributed by atoms with Crippen LogP contribution in [0.1, 0.15) is 5.56 Å². The van der Waals surface area contributed by atoms with Crippen molar-refractivity contribution >= 4 is 23.1 Å². The fourth-order valence-electron chi connectivity index (χ4n) is 1.87. The van der Waals surface area contributed by atoms with Crippen LogP contribution in [-0.4, -0.2) is 10.1 Å². The highest BCUT2D eigenvalue weighted by Gasteiger charge is 2.09. The molecule has 0 bridgehead atoms. The van der Waals surface area contributed by atoms with Gasteiger partial charge in [-0.25, -0.2) is 9.37 Å². The van der Waals surface area contributed by atoms with Crippen molar-refractivity contribution in [1.29, 1.82) is 5.26 Å². The molecule has 1 heterocycles. The van der Waals surface area contributed by atoms with Crippen LogP contribution in [-0.2, 0) is 0 Å². The third-order valence-corrected chi connectivity index (χ3v) is 4.84. The van der Waals surface area contributed by atoms with Gasteiger partial charge in [0.15, 0.2) is 0 Å². The molecule has 22 heavy (non-hydrogen) atoms. The standard InChI is InChI=1S/C16H9FN2OS2/c17-12-2-4-13(5-3-12)22-14-6-1-10(7-11(14)8-18)16-19-15(20)9-21-16/h1-7,9,20H. The minimum absolute atomic E-state index is 0.0247. The lowest BCUT2D eigenvalue weighted by molar-refractivity contribution is 0.458. The molecule has 3 rings (SSSR count). The van der Waals surface area contributed by atoms with E-state index < -0.39 is 0 Å². The molecule has 0 aliphatic rings. The van der Waals surface area contributed by atoms with E-state index in [1.54, 1.807) is 23.6 Å². The number of thiazole rings is 1. The van der Waals surface area contributed by atoms with Crippen LogP contribution < -0.4 is 0 Å². The van der Waals surface area contributed by atoms with E-state index in [-0.39, 0.29) is 11.7 Å². The summed E-state index contributed by atoms with van der Waals surface area (Å²) in [6.45, 7) is 0. The Kier molecular flexibility index (Phi) is 4.09. The van der Waals surface area contributed by atoms with E-state index in [4.69, 9.17) is 0 Å². The SMILES string of the molecule is N#Cc1cc(-c2nc(O)cs2)ccc1Sc1ccc(F)cc1. The molecule has 0 aliphatic heterocycles. The van der Waals surface area contributed by atoms with Crippen LogP contribution in [0, 0.1) is 17.1 Å². The van der Waals surface area contributed by atoms with Crippen molar-refractivity contribution in [1.82, 2.24) is 4.98 Å². The Morgan fingerprint density at radius 1 is 1.18 bits per heavy atom. The maximum atomic E-state index is 12.9. The lowest BCUT2D eigenvalue weighted by atomic mass is 10.1. The van der Waals surface area contributed by atoms with Gasteiger partial charge in [0.2, 0.25) is 5.88 Å². The zero-order valence-electron chi connectivity index (χ0n) is 11.2. The van der Waals surface area contributed by atoms with Crippen LogP contribution in [0.2, 0.25) is 0 Å². The second-order valence-electron chi connectivity index (χ2n) is 4.39. The van der Waals surface area contributed by atoms with Crippen molar-refractivity contribution < 1.29 is 9.50 Å². The van der Waals surface area contributed by atoms with E-state index in [0.717, 1.165) is 15.4 Å². The maximum absolute atomic E-state index is 12.9. The second-order valence-corrected chi connectivity index (χ2v) is 6.36. The third kappa shape index (κ3) is 3.11. The summed E-state index contributed by atoms with van der Waals surface area (Å²) in [5.74, 6) is -0.313. The van der Waals surface area contributed by atoms with Gasteiger partial charge in [-0.2, -0.15) is 5.26 Å². The summed E-state index contributed by atoms with van der Waals surface area (Å²) in [6.07, 6.45) is 0. The minimum atomic E-state index is -0.288. The first kappa shape index (κ1) is 14.6. The Morgan fingerprint density at radius 3 is 2.59 bits per heavy atom. The van der Waals surface area contributed by atoms with Gasteiger partial charge in [-0.1, -0.05) is 17.8 Å². The molecular weight excluding hydrogens is 319 g/mol. The molecule has 108 valence electrons. The van der Waals surface area contributed by atoms with Crippen LogP contribution in [0.5, 0.6) is 5.88 Å². The number of benzene rings is 2. The Hall–Kier alpha value is -2.36. The summed E-state index contributed by atoms with van der Waals surface area (Å²) in [5.41, 5.74) is 1.30. The van der Waals surface area contributed by atoms with Crippen LogP contribution in [0.3, 0.4) is 0 Å². The van der Waals surface area contributed by atoms with Crippen LogP contribution in [0.25, 0.3) is 10.6 Å². The quantitative estimate of drug-likeness (QED) is 0.758. The smallest absolute Gasteiger partial charge is 0.222 e. The Labute approximate surface area is 134 Å². The van der Waals surface area contributed by atoms with Gasteiger partial charge in [-0.3, -0.25) is 0 Å². The molecule has 3 aromatic rings. The minimum Gasteiger partial charge on any atom is -0.493 e. The molecule has 0 radical (unpaired) electrons. The van der Waals surface area contributed by atoms with Gasteiger partial charge in [0.1, 0.15) is 16.9 Å². The first-order valence-electron chi connectivity index (χ1n) is 6.28. The largest absolute Gasteiger partial charge is 0.493 e. The number of hydrogen-bond acceptors (Lipinski definition) is 5. The molecule has 0 fully saturated rings. The number of aromatic nitrogens is 1. The molecule has 0 saturated heterocycles. The first-order valence-corrected chi connectivity index (χ1v) is 7.98. The molecule has 0 amide bonds. The summed E-state index contributed by atoms with van der Waals surface area (Å²) in [6, 6.07) is 13.7. The van der Waals surface area contributed by atoms with Gasteiger partial charge in [0.25, 0.3) is 0 Å². The molecule has 0 atom stereocenters. The van der Waals surface area contributed by atoms with Gasteiger partial charge in [0.05, 0.1) is 10.9 Å². The molecule has 0 unspecified atom stereocenters. The number of halogens is 1. The molecule has 0 aliphatic carbocycles. The van der Waals surface area contributed by atoms with E-state index in [1.807, 2.05) is 12.1 Å². The van der Waals surface area contributed by atoms with Crippen molar-refractivity contribution in [2.45, 2.75) is 9.79 Å². The van der Waals surface area contributed by atoms with E-state index >= 15 is 0 Å². The molecule has 3 nitrogen and oxygen atoms in total. The summed E-state index contributed by atoms with van der Waals surface area (Å²) in [5, 5.41) is 20.8.